The van der Waals surface area contributed by atoms with Gasteiger partial charge >= 0.3 is 0 Å². The van der Waals surface area contributed by atoms with Gasteiger partial charge in [-0.25, -0.2) is 4.99 Å². The molecule has 5 nitrogen and oxygen atoms in total. The first-order valence-corrected chi connectivity index (χ1v) is 7.63. The number of methoxy groups -OCH3 is 1. The van der Waals surface area contributed by atoms with Crippen LogP contribution in [0.25, 0.3) is 0 Å². The number of nitrogens with one attached hydrogen (secondary N) is 1. The third-order valence-electron chi connectivity index (χ3n) is 3.06. The van der Waals surface area contributed by atoms with Crippen LogP contribution in [0.15, 0.2) is 47.5 Å². The average Bonchev–Trinajstić information content (AvgIpc) is 2.56. The summed E-state index contributed by atoms with van der Waals surface area (Å²) in [5, 5.41) is 3.52. The standard InChI is InChI=1S/C17H20ClN3O2.HI/c1-3-23-16-14(18)9-12(10-15(16)22-2)11-20-17(19)21-13-7-5-4-6-8-13;/h4-10H,3,11H2,1-2H3,(H3,19,20,21);1H. The molecule has 0 fully saturated rings. The molecule has 0 aliphatic rings. The molecule has 0 heterocycles. The lowest BCUT2D eigenvalue weighted by molar-refractivity contribution is 0.311. The number of anilines is 1. The van der Waals surface area contributed by atoms with Gasteiger partial charge in [0.15, 0.2) is 17.5 Å². The molecule has 7 heteroatoms. The summed E-state index contributed by atoms with van der Waals surface area (Å²) in [6.45, 7) is 2.79. The van der Waals surface area contributed by atoms with Crippen molar-refractivity contribution in [2.75, 3.05) is 19.0 Å². The van der Waals surface area contributed by atoms with Crippen LogP contribution in [0.3, 0.4) is 0 Å². The zero-order valence-electron chi connectivity index (χ0n) is 13.6. The number of nitrogens with two attached hydrogens (primary N) is 1. The van der Waals surface area contributed by atoms with Gasteiger partial charge in [0.2, 0.25) is 0 Å². The summed E-state index contributed by atoms with van der Waals surface area (Å²) < 4.78 is 10.8. The molecule has 2 aromatic carbocycles. The third-order valence-corrected chi connectivity index (χ3v) is 3.34. The molecule has 2 rings (SSSR count). The van der Waals surface area contributed by atoms with Crippen molar-refractivity contribution in [1.29, 1.82) is 0 Å². The summed E-state index contributed by atoms with van der Waals surface area (Å²) in [5.74, 6) is 1.46. The Bertz CT molecular complexity index is 681. The molecule has 0 saturated heterocycles. The fraction of sp³-hybridized carbons (Fsp3) is 0.235. The quantitative estimate of drug-likeness (QED) is 0.382. The molecule has 130 valence electrons. The second-order valence-electron chi connectivity index (χ2n) is 4.73. The monoisotopic (exact) mass is 461 g/mol. The van der Waals surface area contributed by atoms with Crippen molar-refractivity contribution in [3.8, 4) is 11.5 Å². The van der Waals surface area contributed by atoms with E-state index in [4.69, 9.17) is 26.8 Å². The largest absolute Gasteiger partial charge is 0.493 e. The molecule has 0 unspecified atom stereocenters. The van der Waals surface area contributed by atoms with Crippen LogP contribution in [0.5, 0.6) is 11.5 Å². The van der Waals surface area contributed by atoms with Gasteiger partial charge in [0.25, 0.3) is 0 Å². The molecule has 0 spiro atoms. The first kappa shape index (κ1) is 20.4. The summed E-state index contributed by atoms with van der Waals surface area (Å²) in [6.07, 6.45) is 0. The zero-order chi connectivity index (χ0) is 16.7. The molecule has 0 amide bonds. The number of hydrogen-bond acceptors (Lipinski definition) is 3. The maximum Gasteiger partial charge on any atom is 0.193 e. The lowest BCUT2D eigenvalue weighted by atomic mass is 10.2. The highest BCUT2D eigenvalue weighted by Gasteiger charge is 2.11. The Balaban J connectivity index is 0.00000288. The van der Waals surface area contributed by atoms with Crippen LogP contribution in [0.4, 0.5) is 5.69 Å². The van der Waals surface area contributed by atoms with Crippen molar-refractivity contribution in [3.63, 3.8) is 0 Å². The number of para-hydroxylation sites is 1. The molecule has 3 N–H and O–H groups in total. The van der Waals surface area contributed by atoms with Crippen molar-refractivity contribution in [2.24, 2.45) is 10.7 Å². The van der Waals surface area contributed by atoms with E-state index in [9.17, 15) is 0 Å². The van der Waals surface area contributed by atoms with Gasteiger partial charge in [-0.1, -0.05) is 29.8 Å². The fourth-order valence-corrected chi connectivity index (χ4v) is 2.32. The molecule has 0 bridgehead atoms. The van der Waals surface area contributed by atoms with E-state index >= 15 is 0 Å². The highest BCUT2D eigenvalue weighted by molar-refractivity contribution is 14.0. The molecular weight excluding hydrogens is 441 g/mol. The molecule has 2 aromatic rings. The van der Waals surface area contributed by atoms with E-state index in [0.717, 1.165) is 11.3 Å². The molecule has 0 aliphatic carbocycles. The molecular formula is C17H21ClIN3O2. The first-order valence-electron chi connectivity index (χ1n) is 7.25. The molecule has 0 aromatic heterocycles. The Morgan fingerprint density at radius 3 is 2.58 bits per heavy atom. The summed E-state index contributed by atoms with van der Waals surface area (Å²) in [4.78, 5) is 4.31. The van der Waals surface area contributed by atoms with Crippen molar-refractivity contribution >= 4 is 47.2 Å². The van der Waals surface area contributed by atoms with Crippen LogP contribution in [0, 0.1) is 0 Å². The maximum absolute atomic E-state index is 6.24. The van der Waals surface area contributed by atoms with E-state index in [1.54, 1.807) is 13.2 Å². The smallest absolute Gasteiger partial charge is 0.193 e. The van der Waals surface area contributed by atoms with Gasteiger partial charge in [-0.2, -0.15) is 0 Å². The Kier molecular flexibility index (Phi) is 8.70. The van der Waals surface area contributed by atoms with Gasteiger partial charge in [0, 0.05) is 5.69 Å². The highest BCUT2D eigenvalue weighted by atomic mass is 127. The normalized spacial score (nSPS) is 10.7. The van der Waals surface area contributed by atoms with E-state index in [1.165, 1.54) is 0 Å². The van der Waals surface area contributed by atoms with E-state index in [1.807, 2.05) is 43.3 Å². The van der Waals surface area contributed by atoms with Gasteiger partial charge in [-0.3, -0.25) is 0 Å². The Morgan fingerprint density at radius 2 is 1.96 bits per heavy atom. The fourth-order valence-electron chi connectivity index (χ4n) is 2.03. The number of nitrogens with zero attached hydrogens (tertiary/aromatic N) is 1. The molecule has 0 saturated carbocycles. The second kappa shape index (κ2) is 10.2. The van der Waals surface area contributed by atoms with Gasteiger partial charge < -0.3 is 20.5 Å². The van der Waals surface area contributed by atoms with Crippen molar-refractivity contribution in [3.05, 3.63) is 53.1 Å². The number of benzene rings is 2. The Labute approximate surface area is 164 Å². The first-order chi connectivity index (χ1) is 11.1. The van der Waals surface area contributed by atoms with E-state index in [2.05, 4.69) is 10.3 Å². The number of rotatable bonds is 6. The van der Waals surface area contributed by atoms with Gasteiger partial charge in [-0.05, 0) is 36.8 Å². The minimum absolute atomic E-state index is 0. The van der Waals surface area contributed by atoms with Crippen LogP contribution in [-0.4, -0.2) is 19.7 Å². The predicted octanol–water partition coefficient (Wildman–Crippen LogP) is 4.29. The molecule has 0 atom stereocenters. The summed E-state index contributed by atoms with van der Waals surface area (Å²) in [7, 11) is 1.58. The Morgan fingerprint density at radius 1 is 1.25 bits per heavy atom. The number of hydrogen-bond donors (Lipinski definition) is 2. The highest BCUT2D eigenvalue weighted by Crippen LogP contribution is 2.36. The minimum atomic E-state index is 0. The van der Waals surface area contributed by atoms with Crippen molar-refractivity contribution in [2.45, 2.75) is 13.5 Å². The average molecular weight is 462 g/mol. The Hall–Kier alpha value is -1.67. The summed E-state index contributed by atoms with van der Waals surface area (Å²) in [5.41, 5.74) is 7.66. The second-order valence-corrected chi connectivity index (χ2v) is 5.14. The lowest BCUT2D eigenvalue weighted by Gasteiger charge is -2.12. The number of guanidine groups is 1. The number of halogens is 2. The summed E-state index contributed by atoms with van der Waals surface area (Å²) in [6, 6.07) is 13.3. The van der Waals surface area contributed by atoms with Crippen LogP contribution in [0.1, 0.15) is 12.5 Å². The van der Waals surface area contributed by atoms with Gasteiger partial charge in [0.1, 0.15) is 0 Å². The van der Waals surface area contributed by atoms with Gasteiger partial charge in [-0.15, -0.1) is 24.0 Å². The predicted molar refractivity (Wildman–Crippen MR) is 110 cm³/mol. The molecule has 0 aliphatic heterocycles. The van der Waals surface area contributed by atoms with Gasteiger partial charge in [0.05, 0.1) is 25.3 Å². The summed E-state index contributed by atoms with van der Waals surface area (Å²) >= 11 is 6.24. The van der Waals surface area contributed by atoms with Crippen molar-refractivity contribution in [1.82, 2.24) is 0 Å². The van der Waals surface area contributed by atoms with Crippen LogP contribution in [-0.2, 0) is 6.54 Å². The van der Waals surface area contributed by atoms with Crippen LogP contribution < -0.4 is 20.5 Å². The topological polar surface area (TPSA) is 68.9 Å². The third kappa shape index (κ3) is 5.76. The molecule has 0 radical (unpaired) electrons. The maximum atomic E-state index is 6.24. The van der Waals surface area contributed by atoms with Crippen LogP contribution in [0.2, 0.25) is 5.02 Å². The minimum Gasteiger partial charge on any atom is -0.493 e. The SMILES string of the molecule is CCOc1c(Cl)cc(CN=C(N)Nc2ccccc2)cc1OC.I. The number of aliphatic imine (C=N–C) groups is 1. The van der Waals surface area contributed by atoms with Crippen LogP contribution >= 0.6 is 35.6 Å². The number of ether oxygens (including phenoxy) is 2. The van der Waals surface area contributed by atoms with Crippen molar-refractivity contribution < 1.29 is 9.47 Å². The van der Waals surface area contributed by atoms with E-state index < -0.39 is 0 Å². The zero-order valence-corrected chi connectivity index (χ0v) is 16.7. The van der Waals surface area contributed by atoms with E-state index in [-0.39, 0.29) is 24.0 Å². The van der Waals surface area contributed by atoms with E-state index in [0.29, 0.717) is 35.6 Å². The lowest BCUT2D eigenvalue weighted by Crippen LogP contribution is -2.22. The molecule has 24 heavy (non-hydrogen) atoms.